The smallest absolute Gasteiger partial charge is 0.255 e. The third-order valence-electron chi connectivity index (χ3n) is 4.72. The normalized spacial score (nSPS) is 10.3. The molecule has 0 saturated heterocycles. The highest BCUT2D eigenvalue weighted by molar-refractivity contribution is 6.06. The summed E-state index contributed by atoms with van der Waals surface area (Å²) in [5, 5.41) is 11.7. The lowest BCUT2D eigenvalue weighted by molar-refractivity contribution is 0.0690. The van der Waals surface area contributed by atoms with E-state index >= 15 is 0 Å². The number of nitrogens with zero attached hydrogens (tertiary/aromatic N) is 2. The zero-order valence-electron chi connectivity index (χ0n) is 17.0. The summed E-state index contributed by atoms with van der Waals surface area (Å²) in [6.45, 7) is 4.45. The highest BCUT2D eigenvalue weighted by atomic mass is 16.2. The van der Waals surface area contributed by atoms with Crippen LogP contribution < -0.4 is 5.32 Å². The standard InChI is InChI=1S/C25H23N3O2/c1-18(2)28(17-20-7-4-3-5-8-20)25(30)22-10-6-9-21(15-22)24(29)27-23-13-11-19(16-26)12-14-23/h3-15,18H,17H2,1-2H3,(H,27,29). The maximum Gasteiger partial charge on any atom is 0.255 e. The Morgan fingerprint density at radius 1 is 0.933 bits per heavy atom. The lowest BCUT2D eigenvalue weighted by Gasteiger charge is -2.27. The van der Waals surface area contributed by atoms with Crippen LogP contribution in [0.15, 0.2) is 78.9 Å². The molecule has 5 heteroatoms. The van der Waals surface area contributed by atoms with Crippen LogP contribution in [0.1, 0.15) is 45.7 Å². The highest BCUT2D eigenvalue weighted by Gasteiger charge is 2.20. The monoisotopic (exact) mass is 397 g/mol. The van der Waals surface area contributed by atoms with Gasteiger partial charge in [-0.15, -0.1) is 0 Å². The van der Waals surface area contributed by atoms with Gasteiger partial charge in [0.25, 0.3) is 11.8 Å². The third-order valence-corrected chi connectivity index (χ3v) is 4.72. The summed E-state index contributed by atoms with van der Waals surface area (Å²) in [5.41, 5.74) is 3.02. The van der Waals surface area contributed by atoms with Gasteiger partial charge in [0.2, 0.25) is 0 Å². The minimum Gasteiger partial charge on any atom is -0.332 e. The van der Waals surface area contributed by atoms with Crippen molar-refractivity contribution >= 4 is 17.5 Å². The molecule has 0 heterocycles. The van der Waals surface area contributed by atoms with Gasteiger partial charge in [0.15, 0.2) is 0 Å². The molecule has 150 valence electrons. The van der Waals surface area contributed by atoms with E-state index in [1.54, 1.807) is 53.4 Å². The predicted octanol–water partition coefficient (Wildman–Crippen LogP) is 4.86. The van der Waals surface area contributed by atoms with Gasteiger partial charge in [-0.05, 0) is 61.9 Å². The Labute approximate surface area is 176 Å². The molecule has 0 bridgehead atoms. The molecular formula is C25H23N3O2. The van der Waals surface area contributed by atoms with Gasteiger partial charge in [-0.25, -0.2) is 0 Å². The van der Waals surface area contributed by atoms with Crippen molar-refractivity contribution in [3.8, 4) is 6.07 Å². The number of hydrogen-bond donors (Lipinski definition) is 1. The van der Waals surface area contributed by atoms with E-state index in [9.17, 15) is 9.59 Å². The van der Waals surface area contributed by atoms with Crippen molar-refractivity contribution < 1.29 is 9.59 Å². The Kier molecular flexibility index (Phi) is 6.61. The van der Waals surface area contributed by atoms with Crippen molar-refractivity contribution in [3.63, 3.8) is 0 Å². The van der Waals surface area contributed by atoms with Crippen LogP contribution in [0.3, 0.4) is 0 Å². The Morgan fingerprint density at radius 3 is 2.23 bits per heavy atom. The van der Waals surface area contributed by atoms with Gasteiger partial charge < -0.3 is 10.2 Å². The fourth-order valence-corrected chi connectivity index (χ4v) is 3.06. The van der Waals surface area contributed by atoms with Gasteiger partial charge in [0.1, 0.15) is 0 Å². The molecule has 0 aliphatic heterocycles. The first-order chi connectivity index (χ1) is 14.5. The zero-order chi connectivity index (χ0) is 21.5. The number of nitrogens with one attached hydrogen (secondary N) is 1. The fraction of sp³-hybridized carbons (Fsp3) is 0.160. The molecule has 3 aromatic carbocycles. The van der Waals surface area contributed by atoms with Crippen LogP contribution in [0.2, 0.25) is 0 Å². The van der Waals surface area contributed by atoms with Crippen molar-refractivity contribution in [2.24, 2.45) is 0 Å². The number of anilines is 1. The van der Waals surface area contributed by atoms with Crippen LogP contribution >= 0.6 is 0 Å². The lowest BCUT2D eigenvalue weighted by atomic mass is 10.1. The van der Waals surface area contributed by atoms with Crippen LogP contribution in [-0.4, -0.2) is 22.8 Å². The summed E-state index contributed by atoms with van der Waals surface area (Å²) in [6, 6.07) is 25.2. The minimum atomic E-state index is -0.312. The van der Waals surface area contributed by atoms with Crippen LogP contribution in [0.5, 0.6) is 0 Å². The molecule has 5 nitrogen and oxygen atoms in total. The van der Waals surface area contributed by atoms with Crippen molar-refractivity contribution in [1.29, 1.82) is 5.26 Å². The third kappa shape index (κ3) is 5.12. The van der Waals surface area contributed by atoms with E-state index in [0.717, 1.165) is 5.56 Å². The molecule has 3 rings (SSSR count). The summed E-state index contributed by atoms with van der Waals surface area (Å²) in [6.07, 6.45) is 0. The van der Waals surface area contributed by atoms with Crippen LogP contribution in [0, 0.1) is 11.3 Å². The number of nitriles is 1. The number of carbonyl (C=O) groups excluding carboxylic acids is 2. The number of hydrogen-bond acceptors (Lipinski definition) is 3. The molecular weight excluding hydrogens is 374 g/mol. The maximum atomic E-state index is 13.2. The summed E-state index contributed by atoms with van der Waals surface area (Å²) < 4.78 is 0. The summed E-state index contributed by atoms with van der Waals surface area (Å²) >= 11 is 0. The molecule has 0 fully saturated rings. The molecule has 0 radical (unpaired) electrons. The summed E-state index contributed by atoms with van der Waals surface area (Å²) in [4.78, 5) is 27.6. The van der Waals surface area contributed by atoms with E-state index in [4.69, 9.17) is 5.26 Å². The number of benzene rings is 3. The lowest BCUT2D eigenvalue weighted by Crippen LogP contribution is -2.36. The van der Waals surface area contributed by atoms with Gasteiger partial charge in [-0.2, -0.15) is 5.26 Å². The molecule has 0 saturated carbocycles. The quantitative estimate of drug-likeness (QED) is 0.645. The first kappa shape index (κ1) is 20.8. The number of amides is 2. The van der Waals surface area contributed by atoms with E-state index in [-0.39, 0.29) is 17.9 Å². The molecule has 0 atom stereocenters. The molecule has 0 spiro atoms. The SMILES string of the molecule is CC(C)N(Cc1ccccc1)C(=O)c1cccc(C(=O)Nc2ccc(C#N)cc2)c1. The van der Waals surface area contributed by atoms with Crippen molar-refractivity contribution in [2.75, 3.05) is 5.32 Å². The predicted molar refractivity (Wildman–Crippen MR) is 117 cm³/mol. The molecule has 0 unspecified atom stereocenters. The second-order valence-corrected chi connectivity index (χ2v) is 7.24. The van der Waals surface area contributed by atoms with E-state index in [1.165, 1.54) is 0 Å². The molecule has 0 aliphatic carbocycles. The van der Waals surface area contributed by atoms with Gasteiger partial charge in [-0.3, -0.25) is 9.59 Å². The second kappa shape index (κ2) is 9.53. The Balaban J connectivity index is 1.77. The first-order valence-electron chi connectivity index (χ1n) is 9.74. The van der Waals surface area contributed by atoms with Gasteiger partial charge in [0.05, 0.1) is 11.6 Å². The van der Waals surface area contributed by atoms with Gasteiger partial charge in [0, 0.05) is 29.4 Å². The van der Waals surface area contributed by atoms with Crippen molar-refractivity contribution in [1.82, 2.24) is 4.90 Å². The molecule has 1 N–H and O–H groups in total. The van der Waals surface area contributed by atoms with E-state index in [1.807, 2.05) is 50.2 Å². The van der Waals surface area contributed by atoms with Crippen LogP contribution in [0.4, 0.5) is 5.69 Å². The van der Waals surface area contributed by atoms with E-state index in [2.05, 4.69) is 5.32 Å². The Hall–Kier alpha value is -3.91. The van der Waals surface area contributed by atoms with Crippen molar-refractivity contribution in [3.05, 3.63) is 101 Å². The molecule has 0 aliphatic rings. The fourth-order valence-electron chi connectivity index (χ4n) is 3.06. The van der Waals surface area contributed by atoms with Crippen molar-refractivity contribution in [2.45, 2.75) is 26.4 Å². The largest absolute Gasteiger partial charge is 0.332 e. The topological polar surface area (TPSA) is 73.2 Å². The highest BCUT2D eigenvalue weighted by Crippen LogP contribution is 2.16. The minimum absolute atomic E-state index is 0.00818. The Bertz CT molecular complexity index is 1070. The molecule has 0 aromatic heterocycles. The van der Waals surface area contributed by atoms with Gasteiger partial charge >= 0.3 is 0 Å². The van der Waals surface area contributed by atoms with Gasteiger partial charge in [-0.1, -0.05) is 36.4 Å². The summed E-state index contributed by atoms with van der Waals surface area (Å²) in [5.74, 6) is -0.435. The van der Waals surface area contributed by atoms with Crippen LogP contribution in [-0.2, 0) is 6.54 Å². The number of carbonyl (C=O) groups is 2. The average molecular weight is 397 g/mol. The Morgan fingerprint density at radius 2 is 1.60 bits per heavy atom. The first-order valence-corrected chi connectivity index (χ1v) is 9.74. The summed E-state index contributed by atoms with van der Waals surface area (Å²) in [7, 11) is 0. The molecule has 2 amide bonds. The average Bonchev–Trinajstić information content (AvgIpc) is 2.78. The molecule has 30 heavy (non-hydrogen) atoms. The number of rotatable bonds is 6. The molecule has 3 aromatic rings. The van der Waals surface area contributed by atoms with E-state index < -0.39 is 0 Å². The van der Waals surface area contributed by atoms with E-state index in [0.29, 0.717) is 28.9 Å². The second-order valence-electron chi connectivity index (χ2n) is 7.24. The maximum absolute atomic E-state index is 13.2. The van der Waals surface area contributed by atoms with Crippen LogP contribution in [0.25, 0.3) is 0 Å². The zero-order valence-corrected chi connectivity index (χ0v) is 17.0.